The summed E-state index contributed by atoms with van der Waals surface area (Å²) in [5, 5.41) is 8.63. The number of carbonyl (C=O) groups excluding carboxylic acids is 1. The van der Waals surface area contributed by atoms with Crippen molar-refractivity contribution in [3.63, 3.8) is 0 Å². The Balaban J connectivity index is 2.50. The molecule has 1 amide bonds. The van der Waals surface area contributed by atoms with Crippen molar-refractivity contribution in [2.75, 3.05) is 6.54 Å². The number of nitrogens with one attached hydrogen (secondary N) is 2. The molecule has 0 spiro atoms. The molecule has 1 unspecified atom stereocenters. The number of amides is 1. The van der Waals surface area contributed by atoms with Gasteiger partial charge in [0.05, 0.1) is 0 Å². The van der Waals surface area contributed by atoms with E-state index in [0.717, 1.165) is 0 Å². The average molecular weight is 169 g/mol. The van der Waals surface area contributed by atoms with Crippen LogP contribution >= 0.6 is 0 Å². The SMILES string of the molecule is CC(CN)NC(=O)c1ncn[nH]1. The van der Waals surface area contributed by atoms with E-state index in [0.29, 0.717) is 6.54 Å². The Morgan fingerprint density at radius 1 is 1.92 bits per heavy atom. The van der Waals surface area contributed by atoms with Gasteiger partial charge in [-0.15, -0.1) is 0 Å². The number of rotatable bonds is 3. The molecule has 1 aromatic heterocycles. The molecular formula is C6H11N5O. The van der Waals surface area contributed by atoms with Crippen LogP contribution in [0.15, 0.2) is 6.33 Å². The van der Waals surface area contributed by atoms with Crippen LogP contribution in [0.3, 0.4) is 0 Å². The second-order valence-corrected chi connectivity index (χ2v) is 2.44. The summed E-state index contributed by atoms with van der Waals surface area (Å²) >= 11 is 0. The van der Waals surface area contributed by atoms with Gasteiger partial charge in [0.2, 0.25) is 5.82 Å². The fraction of sp³-hybridized carbons (Fsp3) is 0.500. The molecule has 66 valence electrons. The zero-order valence-corrected chi connectivity index (χ0v) is 6.74. The summed E-state index contributed by atoms with van der Waals surface area (Å²) < 4.78 is 0. The number of aromatic amines is 1. The van der Waals surface area contributed by atoms with Crippen LogP contribution < -0.4 is 11.1 Å². The van der Waals surface area contributed by atoms with Crippen molar-refractivity contribution in [1.29, 1.82) is 0 Å². The van der Waals surface area contributed by atoms with Crippen LogP contribution in [0.25, 0.3) is 0 Å². The molecule has 0 aliphatic rings. The summed E-state index contributed by atoms with van der Waals surface area (Å²) in [7, 11) is 0. The first-order valence-electron chi connectivity index (χ1n) is 3.60. The van der Waals surface area contributed by atoms with Crippen molar-refractivity contribution >= 4 is 5.91 Å². The normalized spacial score (nSPS) is 12.5. The van der Waals surface area contributed by atoms with Crippen LogP contribution in [0, 0.1) is 0 Å². The van der Waals surface area contributed by atoms with Gasteiger partial charge in [-0.25, -0.2) is 4.98 Å². The second kappa shape index (κ2) is 3.82. The monoisotopic (exact) mass is 169 g/mol. The highest BCUT2D eigenvalue weighted by atomic mass is 16.2. The molecule has 1 rings (SSSR count). The molecule has 0 saturated heterocycles. The van der Waals surface area contributed by atoms with E-state index in [1.807, 2.05) is 6.92 Å². The molecule has 6 heteroatoms. The third kappa shape index (κ3) is 2.03. The Kier molecular flexibility index (Phi) is 2.76. The molecule has 12 heavy (non-hydrogen) atoms. The number of nitrogens with zero attached hydrogens (tertiary/aromatic N) is 2. The molecule has 1 atom stereocenters. The highest BCUT2D eigenvalue weighted by Crippen LogP contribution is 1.86. The summed E-state index contributed by atoms with van der Waals surface area (Å²) in [5.41, 5.74) is 5.31. The number of hydrogen-bond donors (Lipinski definition) is 3. The van der Waals surface area contributed by atoms with E-state index in [1.165, 1.54) is 6.33 Å². The number of aromatic nitrogens is 3. The largest absolute Gasteiger partial charge is 0.346 e. The summed E-state index contributed by atoms with van der Waals surface area (Å²) in [6.45, 7) is 2.22. The van der Waals surface area contributed by atoms with Crippen molar-refractivity contribution < 1.29 is 4.79 Å². The van der Waals surface area contributed by atoms with E-state index < -0.39 is 0 Å². The van der Waals surface area contributed by atoms with Gasteiger partial charge in [-0.05, 0) is 6.92 Å². The van der Waals surface area contributed by atoms with Crippen molar-refractivity contribution in [3.8, 4) is 0 Å². The molecule has 0 bridgehead atoms. The summed E-state index contributed by atoms with van der Waals surface area (Å²) in [6, 6.07) is -0.0531. The van der Waals surface area contributed by atoms with Crippen LogP contribution in [-0.4, -0.2) is 33.7 Å². The predicted molar refractivity (Wildman–Crippen MR) is 42.4 cm³/mol. The maximum absolute atomic E-state index is 11.2. The first-order chi connectivity index (χ1) is 5.74. The Morgan fingerprint density at radius 2 is 2.67 bits per heavy atom. The van der Waals surface area contributed by atoms with E-state index in [4.69, 9.17) is 5.73 Å². The zero-order chi connectivity index (χ0) is 8.97. The molecule has 6 nitrogen and oxygen atoms in total. The van der Waals surface area contributed by atoms with Crippen LogP contribution in [0.5, 0.6) is 0 Å². The molecule has 0 aromatic carbocycles. The molecule has 0 fully saturated rings. The highest BCUT2D eigenvalue weighted by Gasteiger charge is 2.10. The van der Waals surface area contributed by atoms with Gasteiger partial charge in [-0.1, -0.05) is 0 Å². The van der Waals surface area contributed by atoms with Gasteiger partial charge in [0, 0.05) is 12.6 Å². The lowest BCUT2D eigenvalue weighted by atomic mass is 10.3. The highest BCUT2D eigenvalue weighted by molar-refractivity contribution is 5.90. The number of nitrogens with two attached hydrogens (primary N) is 1. The first kappa shape index (κ1) is 8.66. The number of hydrogen-bond acceptors (Lipinski definition) is 4. The summed E-state index contributed by atoms with van der Waals surface area (Å²) in [4.78, 5) is 14.9. The Hall–Kier alpha value is -1.43. The minimum atomic E-state index is -0.287. The van der Waals surface area contributed by atoms with Crippen molar-refractivity contribution in [1.82, 2.24) is 20.5 Å². The fourth-order valence-electron chi connectivity index (χ4n) is 0.666. The summed E-state index contributed by atoms with van der Waals surface area (Å²) in [5.74, 6) is -0.0826. The molecule has 1 heterocycles. The molecular weight excluding hydrogens is 158 g/mol. The van der Waals surface area contributed by atoms with E-state index >= 15 is 0 Å². The van der Waals surface area contributed by atoms with Crippen molar-refractivity contribution in [3.05, 3.63) is 12.2 Å². The lowest BCUT2D eigenvalue weighted by Crippen LogP contribution is -2.38. The molecule has 0 radical (unpaired) electrons. The Bertz CT molecular complexity index is 244. The first-order valence-corrected chi connectivity index (χ1v) is 3.60. The van der Waals surface area contributed by atoms with Gasteiger partial charge in [0.15, 0.2) is 0 Å². The molecule has 0 aliphatic carbocycles. The second-order valence-electron chi connectivity index (χ2n) is 2.44. The van der Waals surface area contributed by atoms with Gasteiger partial charge >= 0.3 is 0 Å². The molecule has 0 saturated carbocycles. The van der Waals surface area contributed by atoms with Gasteiger partial charge in [0.1, 0.15) is 6.33 Å². The van der Waals surface area contributed by atoms with E-state index in [1.54, 1.807) is 0 Å². The number of carbonyl (C=O) groups is 1. The number of H-pyrrole nitrogens is 1. The Morgan fingerprint density at radius 3 is 3.17 bits per heavy atom. The van der Waals surface area contributed by atoms with Gasteiger partial charge in [-0.2, -0.15) is 5.10 Å². The van der Waals surface area contributed by atoms with Crippen LogP contribution in [0.1, 0.15) is 17.5 Å². The quantitative estimate of drug-likeness (QED) is 0.534. The van der Waals surface area contributed by atoms with Crippen LogP contribution in [0.4, 0.5) is 0 Å². The summed E-state index contributed by atoms with van der Waals surface area (Å²) in [6.07, 6.45) is 1.28. The third-order valence-corrected chi connectivity index (χ3v) is 1.36. The Labute approximate surface area is 69.6 Å². The topological polar surface area (TPSA) is 96.7 Å². The van der Waals surface area contributed by atoms with E-state index in [-0.39, 0.29) is 17.8 Å². The van der Waals surface area contributed by atoms with E-state index in [9.17, 15) is 4.79 Å². The van der Waals surface area contributed by atoms with Gasteiger partial charge < -0.3 is 11.1 Å². The van der Waals surface area contributed by atoms with Gasteiger partial charge in [0.25, 0.3) is 5.91 Å². The fourth-order valence-corrected chi connectivity index (χ4v) is 0.666. The lowest BCUT2D eigenvalue weighted by molar-refractivity contribution is 0.0931. The molecule has 1 aromatic rings. The average Bonchev–Trinajstić information content (AvgIpc) is 2.56. The maximum Gasteiger partial charge on any atom is 0.288 e. The van der Waals surface area contributed by atoms with Crippen LogP contribution in [-0.2, 0) is 0 Å². The minimum absolute atomic E-state index is 0.0531. The third-order valence-electron chi connectivity index (χ3n) is 1.36. The smallest absolute Gasteiger partial charge is 0.288 e. The van der Waals surface area contributed by atoms with Crippen molar-refractivity contribution in [2.45, 2.75) is 13.0 Å². The maximum atomic E-state index is 11.2. The molecule has 0 aliphatic heterocycles. The minimum Gasteiger partial charge on any atom is -0.346 e. The van der Waals surface area contributed by atoms with E-state index in [2.05, 4.69) is 20.5 Å². The zero-order valence-electron chi connectivity index (χ0n) is 6.74. The molecule has 4 N–H and O–H groups in total. The van der Waals surface area contributed by atoms with Crippen LogP contribution in [0.2, 0.25) is 0 Å². The standard InChI is InChI=1S/C6H11N5O/c1-4(2-7)10-6(12)5-8-3-9-11-5/h3-4H,2,7H2,1H3,(H,10,12)(H,8,9,11). The van der Waals surface area contributed by atoms with Crippen molar-refractivity contribution in [2.24, 2.45) is 5.73 Å². The lowest BCUT2D eigenvalue weighted by Gasteiger charge is -2.08. The predicted octanol–water partition coefficient (Wildman–Crippen LogP) is -1.12. The van der Waals surface area contributed by atoms with Gasteiger partial charge in [-0.3, -0.25) is 9.89 Å².